The number of hydrogen-bond donors (Lipinski definition) is 1. The lowest BCUT2D eigenvalue weighted by molar-refractivity contribution is -0.143. The van der Waals surface area contributed by atoms with Crippen molar-refractivity contribution in [3.05, 3.63) is 35.2 Å². The summed E-state index contributed by atoms with van der Waals surface area (Å²) in [6.07, 6.45) is -9.81. The Balaban J connectivity index is 1.82. The molecule has 3 rings (SSSR count). The highest BCUT2D eigenvalue weighted by Crippen LogP contribution is 2.38. The quantitative estimate of drug-likeness (QED) is 0.788. The highest BCUT2D eigenvalue weighted by Gasteiger charge is 2.37. The first kappa shape index (κ1) is 20.1. The van der Waals surface area contributed by atoms with Crippen molar-refractivity contribution in [1.82, 2.24) is 20.4 Å². The Labute approximate surface area is 154 Å². The van der Waals surface area contributed by atoms with Crippen molar-refractivity contribution in [3.63, 3.8) is 0 Å². The Morgan fingerprint density at radius 3 is 2.29 bits per heavy atom. The van der Waals surface area contributed by atoms with Crippen LogP contribution < -0.4 is 5.32 Å². The first-order valence-electron chi connectivity index (χ1n) is 8.15. The lowest BCUT2D eigenvalue weighted by Crippen LogP contribution is -2.48. The zero-order valence-corrected chi connectivity index (χ0v) is 14.2. The van der Waals surface area contributed by atoms with Gasteiger partial charge < -0.3 is 14.7 Å². The van der Waals surface area contributed by atoms with Gasteiger partial charge in [0.15, 0.2) is 0 Å². The second kappa shape index (κ2) is 7.41. The van der Waals surface area contributed by atoms with E-state index in [2.05, 4.69) is 15.5 Å². The summed E-state index contributed by atoms with van der Waals surface area (Å²) in [4.78, 5) is 17.1. The number of hydrogen-bond acceptors (Lipinski definition) is 5. The van der Waals surface area contributed by atoms with Gasteiger partial charge >= 0.3 is 12.4 Å². The van der Waals surface area contributed by atoms with E-state index in [1.807, 2.05) is 0 Å². The summed E-state index contributed by atoms with van der Waals surface area (Å²) in [5, 5.41) is 6.38. The van der Waals surface area contributed by atoms with Crippen molar-refractivity contribution in [1.29, 1.82) is 0 Å². The van der Waals surface area contributed by atoms with E-state index in [9.17, 15) is 31.1 Å². The molecule has 28 heavy (non-hydrogen) atoms. The third kappa shape index (κ3) is 4.61. The van der Waals surface area contributed by atoms with Gasteiger partial charge in [-0.3, -0.25) is 4.79 Å². The molecular formula is C16H14F6N4O2. The standard InChI is InChI=1S/C16H14F6N4O2/c17-15(18,19)10-5-9(6-11(7-10)16(20,21)22)14-24-12(28-25-14)1-3-26-4-2-23-8-13(26)27/h5-7,23H,1-4,8H2. The molecule has 0 spiro atoms. The van der Waals surface area contributed by atoms with Crippen LogP contribution in [0.5, 0.6) is 0 Å². The van der Waals surface area contributed by atoms with Gasteiger partial charge in [0.05, 0.1) is 17.7 Å². The molecule has 0 saturated carbocycles. The van der Waals surface area contributed by atoms with Crippen LogP contribution in [0.15, 0.2) is 22.7 Å². The molecule has 0 radical (unpaired) electrons. The average Bonchev–Trinajstić information content (AvgIpc) is 3.08. The third-order valence-electron chi connectivity index (χ3n) is 4.10. The van der Waals surface area contributed by atoms with Gasteiger partial charge in [-0.15, -0.1) is 0 Å². The predicted molar refractivity (Wildman–Crippen MR) is 82.9 cm³/mol. The monoisotopic (exact) mass is 408 g/mol. The van der Waals surface area contributed by atoms with Crippen LogP contribution in [0.4, 0.5) is 26.3 Å². The van der Waals surface area contributed by atoms with Gasteiger partial charge in [0, 0.05) is 31.6 Å². The van der Waals surface area contributed by atoms with Gasteiger partial charge in [-0.05, 0) is 18.2 Å². The number of carbonyl (C=O) groups is 1. The highest BCUT2D eigenvalue weighted by atomic mass is 19.4. The van der Waals surface area contributed by atoms with Gasteiger partial charge in [-0.1, -0.05) is 5.16 Å². The Kier molecular flexibility index (Phi) is 5.33. The molecule has 12 heteroatoms. The molecule has 1 N–H and O–H groups in total. The summed E-state index contributed by atoms with van der Waals surface area (Å²) in [6.45, 7) is 1.53. The Morgan fingerprint density at radius 2 is 1.71 bits per heavy atom. The summed E-state index contributed by atoms with van der Waals surface area (Å²) in [5.41, 5.74) is -3.39. The van der Waals surface area contributed by atoms with E-state index < -0.39 is 34.9 Å². The van der Waals surface area contributed by atoms with Crippen molar-refractivity contribution in [3.8, 4) is 11.4 Å². The number of nitrogens with one attached hydrogen (secondary N) is 1. The summed E-state index contributed by atoms with van der Waals surface area (Å²) < 4.78 is 82.6. The maximum Gasteiger partial charge on any atom is 0.416 e. The van der Waals surface area contributed by atoms with Crippen molar-refractivity contribution in [2.24, 2.45) is 0 Å². The molecule has 0 bridgehead atoms. The molecule has 1 amide bonds. The number of nitrogens with zero attached hydrogens (tertiary/aromatic N) is 3. The minimum atomic E-state index is -4.97. The average molecular weight is 408 g/mol. The molecular weight excluding hydrogens is 394 g/mol. The minimum Gasteiger partial charge on any atom is -0.340 e. The minimum absolute atomic E-state index is 0.00676. The number of amides is 1. The number of rotatable bonds is 4. The van der Waals surface area contributed by atoms with Crippen LogP contribution in [-0.2, 0) is 23.6 Å². The Morgan fingerprint density at radius 1 is 1.07 bits per heavy atom. The van der Waals surface area contributed by atoms with E-state index >= 15 is 0 Å². The van der Waals surface area contributed by atoms with Crippen LogP contribution in [0.1, 0.15) is 17.0 Å². The molecule has 2 aromatic rings. The summed E-state index contributed by atoms with van der Waals surface area (Å²) in [5.74, 6) is -0.510. The lowest BCUT2D eigenvalue weighted by atomic mass is 10.0. The van der Waals surface area contributed by atoms with Crippen LogP contribution in [0.25, 0.3) is 11.4 Å². The molecule has 0 atom stereocenters. The van der Waals surface area contributed by atoms with Gasteiger partial charge in [0.25, 0.3) is 0 Å². The van der Waals surface area contributed by atoms with Gasteiger partial charge in [0.1, 0.15) is 0 Å². The zero-order valence-electron chi connectivity index (χ0n) is 14.2. The third-order valence-corrected chi connectivity index (χ3v) is 4.10. The van der Waals surface area contributed by atoms with Crippen LogP contribution in [0.2, 0.25) is 0 Å². The number of alkyl halides is 6. The Bertz CT molecular complexity index is 829. The van der Waals surface area contributed by atoms with E-state index in [1.165, 1.54) is 0 Å². The topological polar surface area (TPSA) is 71.3 Å². The van der Waals surface area contributed by atoms with E-state index in [-0.39, 0.29) is 37.4 Å². The van der Waals surface area contributed by atoms with E-state index in [0.717, 1.165) is 0 Å². The second-order valence-electron chi connectivity index (χ2n) is 6.11. The molecule has 1 aromatic heterocycles. The maximum atomic E-state index is 12.9. The molecule has 6 nitrogen and oxygen atoms in total. The molecule has 2 heterocycles. The molecule has 1 aliphatic heterocycles. The van der Waals surface area contributed by atoms with Crippen molar-refractivity contribution in [2.45, 2.75) is 18.8 Å². The number of carbonyl (C=O) groups excluding carboxylic acids is 1. The Hall–Kier alpha value is -2.63. The SMILES string of the molecule is O=C1CNCCN1CCc1nc(-c2cc(C(F)(F)F)cc(C(F)(F)F)c2)no1. The molecule has 152 valence electrons. The van der Waals surface area contributed by atoms with Gasteiger partial charge in [-0.2, -0.15) is 31.3 Å². The number of aromatic nitrogens is 2. The fourth-order valence-electron chi connectivity index (χ4n) is 2.67. The zero-order chi connectivity index (χ0) is 20.5. The molecule has 1 saturated heterocycles. The van der Waals surface area contributed by atoms with Gasteiger partial charge in [-0.25, -0.2) is 0 Å². The van der Waals surface area contributed by atoms with Crippen molar-refractivity contribution in [2.75, 3.05) is 26.2 Å². The molecule has 1 aliphatic rings. The van der Waals surface area contributed by atoms with Crippen molar-refractivity contribution >= 4 is 5.91 Å². The second-order valence-corrected chi connectivity index (χ2v) is 6.11. The lowest BCUT2D eigenvalue weighted by Gasteiger charge is -2.26. The van der Waals surface area contributed by atoms with Gasteiger partial charge in [0.2, 0.25) is 17.6 Å². The first-order valence-corrected chi connectivity index (χ1v) is 8.15. The number of piperazine rings is 1. The maximum absolute atomic E-state index is 12.9. The number of halogens is 6. The first-order chi connectivity index (χ1) is 13.0. The largest absolute Gasteiger partial charge is 0.416 e. The molecule has 1 fully saturated rings. The van der Waals surface area contributed by atoms with Crippen LogP contribution in [0.3, 0.4) is 0 Å². The van der Waals surface area contributed by atoms with Crippen LogP contribution >= 0.6 is 0 Å². The fraction of sp³-hybridized carbons (Fsp3) is 0.438. The normalized spacial score (nSPS) is 15.9. The smallest absolute Gasteiger partial charge is 0.340 e. The van der Waals surface area contributed by atoms with Crippen molar-refractivity contribution < 1.29 is 35.7 Å². The van der Waals surface area contributed by atoms with Crippen LogP contribution in [0, 0.1) is 0 Å². The number of benzene rings is 1. The van der Waals surface area contributed by atoms with E-state index in [4.69, 9.17) is 4.52 Å². The predicted octanol–water partition coefficient (Wildman–Crippen LogP) is 2.75. The van der Waals surface area contributed by atoms with E-state index in [0.29, 0.717) is 25.2 Å². The summed E-state index contributed by atoms with van der Waals surface area (Å²) in [6, 6.07) is 1.09. The summed E-state index contributed by atoms with van der Waals surface area (Å²) >= 11 is 0. The fourth-order valence-corrected chi connectivity index (χ4v) is 2.67. The van der Waals surface area contributed by atoms with Crippen LogP contribution in [-0.4, -0.2) is 47.1 Å². The summed E-state index contributed by atoms with van der Waals surface area (Å²) in [7, 11) is 0. The highest BCUT2D eigenvalue weighted by molar-refractivity contribution is 5.78. The molecule has 1 aromatic carbocycles. The molecule has 0 unspecified atom stereocenters. The molecule has 0 aliphatic carbocycles. The van der Waals surface area contributed by atoms with E-state index in [1.54, 1.807) is 4.90 Å².